The van der Waals surface area contributed by atoms with Gasteiger partial charge in [0.2, 0.25) is 0 Å². The molecule has 3 nitrogen and oxygen atoms in total. The third kappa shape index (κ3) is 2.11. The minimum atomic E-state index is 0.257. The Labute approximate surface area is 109 Å². The molecule has 0 fully saturated rings. The van der Waals surface area contributed by atoms with Gasteiger partial charge in [-0.1, -0.05) is 11.2 Å². The van der Waals surface area contributed by atoms with E-state index in [2.05, 4.69) is 16.6 Å². The van der Waals surface area contributed by atoms with E-state index in [4.69, 9.17) is 9.62 Å². The molecule has 1 unspecified atom stereocenters. The number of thiophene rings is 1. The van der Waals surface area contributed by atoms with Crippen LogP contribution in [0.15, 0.2) is 51.6 Å². The highest BCUT2D eigenvalue weighted by atomic mass is 32.1. The fraction of sp³-hybridized carbons (Fsp3) is 0.214. The largest absolute Gasteiger partial charge is 0.469 e. The minimum Gasteiger partial charge on any atom is -0.469 e. The Kier molecular flexibility index (Phi) is 3.02. The van der Waals surface area contributed by atoms with Gasteiger partial charge in [-0.2, -0.15) is 0 Å². The van der Waals surface area contributed by atoms with Gasteiger partial charge in [0.1, 0.15) is 5.76 Å². The average Bonchev–Trinajstić information content (AvgIpc) is 3.10. The summed E-state index contributed by atoms with van der Waals surface area (Å²) in [6, 6.07) is 8.01. The summed E-state index contributed by atoms with van der Waals surface area (Å²) in [5.74, 6) is 1.21. The van der Waals surface area contributed by atoms with Crippen molar-refractivity contribution in [1.82, 2.24) is 0 Å². The molecule has 2 heterocycles. The van der Waals surface area contributed by atoms with Crippen LogP contribution >= 0.6 is 11.3 Å². The number of hydrogen-bond acceptors (Lipinski definition) is 4. The SMILES string of the molecule is O/N=C1\C=C(c2cccs2)CC(c2ccco2)C1. The second-order valence-corrected chi connectivity index (χ2v) is 5.31. The van der Waals surface area contributed by atoms with Crippen molar-refractivity contribution in [2.24, 2.45) is 5.16 Å². The highest BCUT2D eigenvalue weighted by Gasteiger charge is 2.24. The third-order valence-corrected chi connectivity index (χ3v) is 4.12. The van der Waals surface area contributed by atoms with Gasteiger partial charge in [0.15, 0.2) is 0 Å². The minimum absolute atomic E-state index is 0.257. The van der Waals surface area contributed by atoms with E-state index in [-0.39, 0.29) is 5.92 Å². The lowest BCUT2D eigenvalue weighted by molar-refractivity contribution is 0.317. The van der Waals surface area contributed by atoms with E-state index in [0.717, 1.165) is 18.6 Å². The predicted molar refractivity (Wildman–Crippen MR) is 72.2 cm³/mol. The van der Waals surface area contributed by atoms with Crippen molar-refractivity contribution >= 4 is 22.6 Å². The summed E-state index contributed by atoms with van der Waals surface area (Å²) >= 11 is 1.71. The summed E-state index contributed by atoms with van der Waals surface area (Å²) in [6.07, 6.45) is 5.31. The zero-order valence-electron chi connectivity index (χ0n) is 9.74. The molecule has 4 heteroatoms. The van der Waals surface area contributed by atoms with Crippen LogP contribution in [0.2, 0.25) is 0 Å². The third-order valence-electron chi connectivity index (χ3n) is 3.17. The molecule has 0 aliphatic heterocycles. The number of allylic oxidation sites excluding steroid dienone is 2. The Balaban J connectivity index is 1.93. The molecule has 1 atom stereocenters. The molecule has 92 valence electrons. The van der Waals surface area contributed by atoms with Crippen molar-refractivity contribution in [1.29, 1.82) is 0 Å². The van der Waals surface area contributed by atoms with Crippen LogP contribution in [0.1, 0.15) is 29.4 Å². The van der Waals surface area contributed by atoms with E-state index in [1.807, 2.05) is 24.3 Å². The quantitative estimate of drug-likeness (QED) is 0.651. The van der Waals surface area contributed by atoms with Crippen LogP contribution in [0.3, 0.4) is 0 Å². The molecule has 1 N–H and O–H groups in total. The summed E-state index contributed by atoms with van der Waals surface area (Å²) in [6.45, 7) is 0. The molecule has 0 saturated carbocycles. The van der Waals surface area contributed by atoms with Crippen molar-refractivity contribution < 1.29 is 9.62 Å². The predicted octanol–water partition coefficient (Wildman–Crippen LogP) is 4.13. The number of furan rings is 1. The fourth-order valence-corrected chi connectivity index (χ4v) is 3.09. The van der Waals surface area contributed by atoms with E-state index in [9.17, 15) is 0 Å². The standard InChI is InChI=1S/C14H13NO2S/c16-15-12-8-10(13-3-1-5-17-13)7-11(9-12)14-4-2-6-18-14/h1-6,9-10,16H,7-8H2/b15-12-. The van der Waals surface area contributed by atoms with Crippen molar-refractivity contribution in [3.05, 3.63) is 52.6 Å². The number of rotatable bonds is 2. The zero-order chi connectivity index (χ0) is 12.4. The molecule has 0 saturated heterocycles. The maximum absolute atomic E-state index is 9.04. The first-order chi connectivity index (χ1) is 8.86. The van der Waals surface area contributed by atoms with E-state index in [1.165, 1.54) is 10.5 Å². The molecule has 0 amide bonds. The smallest absolute Gasteiger partial charge is 0.107 e. The zero-order valence-corrected chi connectivity index (χ0v) is 10.6. The first-order valence-electron chi connectivity index (χ1n) is 5.85. The summed E-state index contributed by atoms with van der Waals surface area (Å²) in [5, 5.41) is 14.5. The van der Waals surface area contributed by atoms with E-state index in [0.29, 0.717) is 5.71 Å². The molecular weight excluding hydrogens is 246 g/mol. The lowest BCUT2D eigenvalue weighted by Crippen LogP contribution is -2.11. The Morgan fingerprint density at radius 2 is 2.22 bits per heavy atom. The van der Waals surface area contributed by atoms with Crippen LogP contribution in [0.5, 0.6) is 0 Å². The molecule has 2 aromatic heterocycles. The Hall–Kier alpha value is -1.81. The van der Waals surface area contributed by atoms with Crippen LogP contribution in [-0.4, -0.2) is 10.9 Å². The van der Waals surface area contributed by atoms with E-state index >= 15 is 0 Å². The molecule has 3 rings (SSSR count). The van der Waals surface area contributed by atoms with E-state index < -0.39 is 0 Å². The molecule has 1 aliphatic carbocycles. The van der Waals surface area contributed by atoms with E-state index in [1.54, 1.807) is 17.6 Å². The lowest BCUT2D eigenvalue weighted by Gasteiger charge is -2.21. The van der Waals surface area contributed by atoms with Crippen LogP contribution < -0.4 is 0 Å². The van der Waals surface area contributed by atoms with Gasteiger partial charge < -0.3 is 9.62 Å². The summed E-state index contributed by atoms with van der Waals surface area (Å²) < 4.78 is 5.47. The summed E-state index contributed by atoms with van der Waals surface area (Å²) in [5.41, 5.74) is 1.93. The highest BCUT2D eigenvalue weighted by molar-refractivity contribution is 7.11. The average molecular weight is 259 g/mol. The lowest BCUT2D eigenvalue weighted by atomic mass is 9.85. The van der Waals surface area contributed by atoms with Crippen LogP contribution in [0.4, 0.5) is 0 Å². The molecule has 2 aromatic rings. The first kappa shape index (κ1) is 11.3. The van der Waals surface area contributed by atoms with Crippen LogP contribution in [-0.2, 0) is 0 Å². The molecule has 1 aliphatic rings. The number of hydrogen-bond donors (Lipinski definition) is 1. The molecule has 0 bridgehead atoms. The van der Waals surface area contributed by atoms with Gasteiger partial charge in [0.05, 0.1) is 12.0 Å². The van der Waals surface area contributed by atoms with Gasteiger partial charge in [-0.15, -0.1) is 11.3 Å². The van der Waals surface area contributed by atoms with Gasteiger partial charge in [0.25, 0.3) is 0 Å². The summed E-state index contributed by atoms with van der Waals surface area (Å²) in [7, 11) is 0. The number of oxime groups is 1. The topological polar surface area (TPSA) is 45.7 Å². The Morgan fingerprint density at radius 1 is 1.28 bits per heavy atom. The van der Waals surface area contributed by atoms with Crippen molar-refractivity contribution in [2.45, 2.75) is 18.8 Å². The van der Waals surface area contributed by atoms with Crippen molar-refractivity contribution in [3.8, 4) is 0 Å². The monoisotopic (exact) mass is 259 g/mol. The molecule has 0 aromatic carbocycles. The maximum atomic E-state index is 9.04. The Morgan fingerprint density at radius 3 is 2.89 bits per heavy atom. The van der Waals surface area contributed by atoms with Crippen molar-refractivity contribution in [2.75, 3.05) is 0 Å². The normalized spacial score (nSPS) is 22.1. The fourth-order valence-electron chi connectivity index (χ4n) is 2.34. The van der Waals surface area contributed by atoms with Crippen LogP contribution in [0, 0.1) is 0 Å². The van der Waals surface area contributed by atoms with Gasteiger partial charge in [0, 0.05) is 17.2 Å². The molecule has 18 heavy (non-hydrogen) atoms. The summed E-state index contributed by atoms with van der Waals surface area (Å²) in [4.78, 5) is 1.23. The second kappa shape index (κ2) is 4.82. The molecule has 0 spiro atoms. The van der Waals surface area contributed by atoms with Gasteiger partial charge in [-0.3, -0.25) is 0 Å². The molecule has 0 radical (unpaired) electrons. The molecular formula is C14H13NO2S. The van der Waals surface area contributed by atoms with Gasteiger partial charge in [-0.05, 0) is 41.6 Å². The maximum Gasteiger partial charge on any atom is 0.107 e. The van der Waals surface area contributed by atoms with Gasteiger partial charge in [-0.25, -0.2) is 0 Å². The second-order valence-electron chi connectivity index (χ2n) is 4.36. The van der Waals surface area contributed by atoms with Crippen LogP contribution in [0.25, 0.3) is 5.57 Å². The first-order valence-corrected chi connectivity index (χ1v) is 6.73. The van der Waals surface area contributed by atoms with Crippen molar-refractivity contribution in [3.63, 3.8) is 0 Å². The number of nitrogens with zero attached hydrogens (tertiary/aromatic N) is 1. The van der Waals surface area contributed by atoms with Gasteiger partial charge >= 0.3 is 0 Å². The Bertz CT molecular complexity index is 567. The highest BCUT2D eigenvalue weighted by Crippen LogP contribution is 2.37.